The van der Waals surface area contributed by atoms with Crippen molar-refractivity contribution in [3.8, 4) is 22.3 Å². The molecule has 0 heterocycles. The first-order chi connectivity index (χ1) is 20.8. The van der Waals surface area contributed by atoms with Crippen molar-refractivity contribution < 1.29 is 23.3 Å². The Morgan fingerprint density at radius 1 is 0.533 bits per heavy atom. The molecule has 0 aromatic heterocycles. The molecule has 0 N–H and O–H groups in total. The molecule has 0 aliphatic rings. The number of hydrogen-bond acceptors (Lipinski definition) is 0. The van der Waals surface area contributed by atoms with Crippen LogP contribution in [0.25, 0.3) is 43.8 Å². The minimum atomic E-state index is 0. The quantitative estimate of drug-likeness (QED) is 0.126. The van der Waals surface area contributed by atoms with E-state index in [0.29, 0.717) is 0 Å². The van der Waals surface area contributed by atoms with Gasteiger partial charge in [-0.3, -0.25) is 0 Å². The summed E-state index contributed by atoms with van der Waals surface area (Å²) < 4.78 is 0. The molecular formula is C41H48Cl2SiZr-4. The first-order valence-electron chi connectivity index (χ1n) is 15.0. The molecule has 0 amide bonds. The van der Waals surface area contributed by atoms with Crippen molar-refractivity contribution in [2.24, 2.45) is 0 Å². The van der Waals surface area contributed by atoms with Crippen LogP contribution in [0.2, 0.25) is 0 Å². The molecule has 45 heavy (non-hydrogen) atoms. The Morgan fingerprint density at radius 2 is 0.911 bits per heavy atom. The first-order valence-corrected chi connectivity index (χ1v) is 19.2. The Morgan fingerprint density at radius 3 is 1.31 bits per heavy atom. The summed E-state index contributed by atoms with van der Waals surface area (Å²) in [7, 11) is 0. The zero-order valence-electron chi connectivity index (χ0n) is 28.2. The zero-order chi connectivity index (χ0) is 32.1. The molecule has 0 aliphatic heterocycles. The molecule has 0 saturated heterocycles. The van der Waals surface area contributed by atoms with Gasteiger partial charge in [0.25, 0.3) is 0 Å². The number of rotatable bonds is 3. The van der Waals surface area contributed by atoms with Crippen LogP contribution in [-0.2, 0) is 29.8 Å². The average molecular weight is 731 g/mol. The monoisotopic (exact) mass is 728 g/mol. The van der Waals surface area contributed by atoms with Gasteiger partial charge in [-0.15, -0.1) is 81.8 Å². The van der Waals surface area contributed by atoms with Crippen LogP contribution in [0.3, 0.4) is 0 Å². The first kappa shape index (κ1) is 42.8. The molecule has 0 bridgehead atoms. The molecule has 0 saturated carbocycles. The van der Waals surface area contributed by atoms with Gasteiger partial charge in [-0.05, 0) is 45.2 Å². The molecule has 0 spiro atoms. The SMILES string of the molecule is CCc1cc2c(-c3ccc(C)cc3)cc(C)cc2[cH-]1.Cc1ccc(-c2cc(C)cc3[cH-]c(C)cc23)cc1.Cl.Cl.[CH2-]C.[CH2-]C.[Si]=[Zr]. The van der Waals surface area contributed by atoms with Crippen molar-refractivity contribution in [2.75, 3.05) is 0 Å². The maximum absolute atomic E-state index is 3.25. The Kier molecular flexibility index (Phi) is 20.5. The van der Waals surface area contributed by atoms with Crippen molar-refractivity contribution in [1.29, 1.82) is 0 Å². The summed E-state index contributed by atoms with van der Waals surface area (Å²) in [6.07, 6.45) is 1.10. The van der Waals surface area contributed by atoms with Crippen LogP contribution in [0.1, 0.15) is 54.2 Å². The van der Waals surface area contributed by atoms with Crippen LogP contribution >= 0.6 is 24.8 Å². The second-order valence-corrected chi connectivity index (χ2v) is 10.6. The summed E-state index contributed by atoms with van der Waals surface area (Å²) in [6, 6.07) is 35.9. The van der Waals surface area contributed by atoms with Crippen LogP contribution in [0.15, 0.2) is 97.1 Å². The van der Waals surface area contributed by atoms with E-state index in [4.69, 9.17) is 0 Å². The van der Waals surface area contributed by atoms with E-state index < -0.39 is 0 Å². The normalized spacial score (nSPS) is 9.44. The van der Waals surface area contributed by atoms with Gasteiger partial charge in [0.15, 0.2) is 0 Å². The predicted molar refractivity (Wildman–Crippen MR) is 205 cm³/mol. The van der Waals surface area contributed by atoms with E-state index in [9.17, 15) is 0 Å². The number of fused-ring (bicyclic) bond motifs is 2. The van der Waals surface area contributed by atoms with Crippen LogP contribution in [0.4, 0.5) is 0 Å². The van der Waals surface area contributed by atoms with Gasteiger partial charge in [-0.1, -0.05) is 108 Å². The molecule has 4 heteroatoms. The van der Waals surface area contributed by atoms with E-state index in [-0.39, 0.29) is 24.8 Å². The van der Waals surface area contributed by atoms with E-state index in [1.807, 2.05) is 0 Å². The van der Waals surface area contributed by atoms with E-state index in [2.05, 4.69) is 159 Å². The van der Waals surface area contributed by atoms with Crippen LogP contribution in [0, 0.1) is 48.5 Å². The van der Waals surface area contributed by atoms with Gasteiger partial charge in [-0.25, -0.2) is 0 Å². The second-order valence-electron chi connectivity index (χ2n) is 10.6. The van der Waals surface area contributed by atoms with Gasteiger partial charge in [-0.2, -0.15) is 26.0 Å². The van der Waals surface area contributed by atoms with Crippen LogP contribution < -0.4 is 0 Å². The van der Waals surface area contributed by atoms with Crippen molar-refractivity contribution in [3.05, 3.63) is 144 Å². The van der Waals surface area contributed by atoms with Gasteiger partial charge in [0.1, 0.15) is 0 Å². The Bertz CT molecular complexity index is 1710. The molecule has 0 unspecified atom stereocenters. The fourth-order valence-corrected chi connectivity index (χ4v) is 5.30. The van der Waals surface area contributed by atoms with Crippen molar-refractivity contribution in [2.45, 2.75) is 61.8 Å². The Hall–Kier alpha value is -2.22. The summed E-state index contributed by atoms with van der Waals surface area (Å²) in [5, 5.41) is 5.46. The van der Waals surface area contributed by atoms with Gasteiger partial charge in [0.05, 0.1) is 0 Å². The van der Waals surface area contributed by atoms with Gasteiger partial charge >= 0.3 is 30.2 Å². The molecule has 0 aliphatic carbocycles. The fraction of sp³-hybridized carbons (Fsp3) is 0.220. The molecule has 6 aromatic rings. The minimum absolute atomic E-state index is 0. The van der Waals surface area contributed by atoms with Crippen LogP contribution in [0.5, 0.6) is 0 Å². The maximum atomic E-state index is 3.25. The summed E-state index contributed by atoms with van der Waals surface area (Å²) >= 11 is 1.36. The molecular weight excluding hydrogens is 683 g/mol. The van der Waals surface area contributed by atoms with Crippen molar-refractivity contribution in [3.63, 3.8) is 0 Å². The number of halogens is 2. The van der Waals surface area contributed by atoms with Gasteiger partial charge in [0.2, 0.25) is 0 Å². The van der Waals surface area contributed by atoms with Gasteiger partial charge in [0, 0.05) is 0 Å². The zero-order valence-corrected chi connectivity index (χ0v) is 33.3. The van der Waals surface area contributed by atoms with E-state index in [0.717, 1.165) is 6.42 Å². The summed E-state index contributed by atoms with van der Waals surface area (Å²) in [5.74, 6) is 0. The average Bonchev–Trinajstić information content (AvgIpc) is 3.63. The molecule has 0 fully saturated rings. The number of aryl methyl sites for hydroxylation is 6. The summed E-state index contributed by atoms with van der Waals surface area (Å²) in [5.41, 5.74) is 13.4. The molecule has 0 nitrogen and oxygen atoms in total. The topological polar surface area (TPSA) is 0 Å². The van der Waals surface area contributed by atoms with Gasteiger partial charge < -0.3 is 13.8 Å². The van der Waals surface area contributed by atoms with E-state index >= 15 is 0 Å². The summed E-state index contributed by atoms with van der Waals surface area (Å²) in [4.78, 5) is 0. The fourth-order valence-electron chi connectivity index (χ4n) is 5.30. The second kappa shape index (κ2) is 21.6. The Balaban J connectivity index is 0.000000712. The molecule has 0 atom stereocenters. The van der Waals surface area contributed by atoms with E-state index in [1.165, 1.54) is 101 Å². The molecule has 238 valence electrons. The van der Waals surface area contributed by atoms with Crippen molar-refractivity contribution in [1.82, 2.24) is 0 Å². The predicted octanol–water partition coefficient (Wildman–Crippen LogP) is 12.7. The third kappa shape index (κ3) is 11.5. The standard InChI is InChI=1S/C19H19.C18H17.2C2H5.2ClH.Si.Zr/c1-4-15-11-17-9-14(3)10-18(19(17)12-15)16-7-5-13(2)6-8-16;1-12-4-6-15(7-5-12)17-10-13(2)8-16-9-14(3)11-18(16)17;2*1-2;;;;/h5-12H,4H2,1-3H3;4-11H,1-3H3;2*1H2,2H3;2*1H;;/q4*-1;;;;. The molecule has 2 radical (unpaired) electrons. The number of hydrogen-bond donors (Lipinski definition) is 0. The third-order valence-electron chi connectivity index (χ3n) is 7.27. The third-order valence-corrected chi connectivity index (χ3v) is 7.27. The summed E-state index contributed by atoms with van der Waals surface area (Å²) in [6.45, 7) is 26.0. The van der Waals surface area contributed by atoms with E-state index in [1.54, 1.807) is 13.8 Å². The molecule has 6 aromatic carbocycles. The Labute approximate surface area is 302 Å². The number of benzene rings is 4. The van der Waals surface area contributed by atoms with Crippen LogP contribution in [-0.4, -0.2) is 6.88 Å². The molecule has 6 rings (SSSR count). The van der Waals surface area contributed by atoms with Crippen molar-refractivity contribution >= 4 is 53.2 Å².